The molecule has 0 spiro atoms. The summed E-state index contributed by atoms with van der Waals surface area (Å²) in [5.74, 6) is 1.07. The number of benzene rings is 2. The zero-order chi connectivity index (χ0) is 21.8. The molecule has 1 amide bonds. The van der Waals surface area contributed by atoms with Crippen LogP contribution in [0.25, 0.3) is 0 Å². The summed E-state index contributed by atoms with van der Waals surface area (Å²) >= 11 is 0. The Morgan fingerprint density at radius 2 is 1.87 bits per heavy atom. The Kier molecular flexibility index (Phi) is 6.02. The van der Waals surface area contributed by atoms with Gasteiger partial charge < -0.3 is 15.0 Å². The van der Waals surface area contributed by atoms with E-state index >= 15 is 0 Å². The molecule has 0 bridgehead atoms. The second kappa shape index (κ2) is 9.04. The standard InChI is InChI=1S/C24H26N4O3/c1-17-13-23(30)28(16-22(29)25-14-18-7-9-21(31-2)10-8-18)24(26-17)27-12-11-19-5-3-4-6-20(19)15-27/h3-10,13H,11-12,14-16H2,1-2H3,(H,25,29). The van der Waals surface area contributed by atoms with Crippen molar-refractivity contribution >= 4 is 11.9 Å². The van der Waals surface area contributed by atoms with E-state index in [-0.39, 0.29) is 18.0 Å². The highest BCUT2D eigenvalue weighted by molar-refractivity contribution is 5.76. The fourth-order valence-electron chi connectivity index (χ4n) is 3.81. The largest absolute Gasteiger partial charge is 0.497 e. The molecular formula is C24H26N4O3. The van der Waals surface area contributed by atoms with Gasteiger partial charge in [0, 0.05) is 31.4 Å². The number of carbonyl (C=O) groups excluding carboxylic acids is 1. The molecule has 31 heavy (non-hydrogen) atoms. The van der Waals surface area contributed by atoms with Gasteiger partial charge in [0.2, 0.25) is 11.9 Å². The molecule has 1 aliphatic rings. The zero-order valence-corrected chi connectivity index (χ0v) is 17.8. The minimum absolute atomic E-state index is 0.0737. The molecule has 7 nitrogen and oxygen atoms in total. The van der Waals surface area contributed by atoms with Crippen molar-refractivity contribution in [2.24, 2.45) is 0 Å². The molecule has 0 saturated heterocycles. The van der Waals surface area contributed by atoms with Crippen molar-refractivity contribution < 1.29 is 9.53 Å². The Morgan fingerprint density at radius 1 is 1.13 bits per heavy atom. The van der Waals surface area contributed by atoms with Gasteiger partial charge in [0.25, 0.3) is 5.56 Å². The molecule has 7 heteroatoms. The summed E-state index contributed by atoms with van der Waals surface area (Å²) in [5, 5.41) is 2.89. The van der Waals surface area contributed by atoms with Crippen LogP contribution in [0.15, 0.2) is 59.4 Å². The van der Waals surface area contributed by atoms with Crippen molar-refractivity contribution in [3.05, 3.63) is 87.3 Å². The van der Waals surface area contributed by atoms with Crippen LogP contribution in [0.4, 0.5) is 5.95 Å². The number of carbonyl (C=O) groups is 1. The first-order valence-corrected chi connectivity index (χ1v) is 10.3. The topological polar surface area (TPSA) is 76.5 Å². The van der Waals surface area contributed by atoms with E-state index in [0.29, 0.717) is 24.7 Å². The predicted octanol–water partition coefficient (Wildman–Crippen LogP) is 2.44. The van der Waals surface area contributed by atoms with E-state index in [2.05, 4.69) is 27.3 Å². The lowest BCUT2D eigenvalue weighted by molar-refractivity contribution is -0.121. The van der Waals surface area contributed by atoms with Gasteiger partial charge in [0.15, 0.2) is 0 Å². The molecular weight excluding hydrogens is 392 g/mol. The van der Waals surface area contributed by atoms with E-state index in [1.807, 2.05) is 36.4 Å². The molecule has 0 fully saturated rings. The Labute approximate surface area is 181 Å². The van der Waals surface area contributed by atoms with E-state index in [4.69, 9.17) is 4.74 Å². The lowest BCUT2D eigenvalue weighted by atomic mass is 10.0. The molecule has 2 aromatic carbocycles. The Bertz CT molecular complexity index is 1140. The van der Waals surface area contributed by atoms with Gasteiger partial charge in [0.05, 0.1) is 7.11 Å². The second-order valence-electron chi connectivity index (χ2n) is 7.69. The molecule has 160 valence electrons. The van der Waals surface area contributed by atoms with Crippen molar-refractivity contribution in [3.63, 3.8) is 0 Å². The van der Waals surface area contributed by atoms with Crippen LogP contribution >= 0.6 is 0 Å². The number of rotatable bonds is 6. The van der Waals surface area contributed by atoms with Crippen LogP contribution in [0.2, 0.25) is 0 Å². The molecule has 4 rings (SSSR count). The summed E-state index contributed by atoms with van der Waals surface area (Å²) in [4.78, 5) is 32.1. The number of hydrogen-bond donors (Lipinski definition) is 1. The number of nitrogens with one attached hydrogen (secondary N) is 1. The van der Waals surface area contributed by atoms with Crippen LogP contribution in [-0.2, 0) is 30.8 Å². The molecule has 0 aliphatic carbocycles. The molecule has 1 N–H and O–H groups in total. The molecule has 3 aromatic rings. The van der Waals surface area contributed by atoms with Crippen LogP contribution in [0.1, 0.15) is 22.4 Å². The monoisotopic (exact) mass is 418 g/mol. The van der Waals surface area contributed by atoms with Crippen LogP contribution in [0, 0.1) is 6.92 Å². The number of amides is 1. The summed E-state index contributed by atoms with van der Waals surface area (Å²) in [6, 6.07) is 17.3. The number of hydrogen-bond acceptors (Lipinski definition) is 5. The predicted molar refractivity (Wildman–Crippen MR) is 119 cm³/mol. The third kappa shape index (κ3) is 4.77. The molecule has 1 aliphatic heterocycles. The fourth-order valence-corrected chi connectivity index (χ4v) is 3.81. The number of aromatic nitrogens is 2. The highest BCUT2D eigenvalue weighted by atomic mass is 16.5. The first-order chi connectivity index (χ1) is 15.0. The highest BCUT2D eigenvalue weighted by Gasteiger charge is 2.21. The average Bonchev–Trinajstić information content (AvgIpc) is 2.79. The maximum absolute atomic E-state index is 12.7. The van der Waals surface area contributed by atoms with Gasteiger partial charge in [-0.15, -0.1) is 0 Å². The number of anilines is 1. The molecule has 1 aromatic heterocycles. The minimum Gasteiger partial charge on any atom is -0.497 e. The lowest BCUT2D eigenvalue weighted by Gasteiger charge is -2.31. The van der Waals surface area contributed by atoms with Gasteiger partial charge in [-0.2, -0.15) is 0 Å². The Balaban J connectivity index is 1.50. The van der Waals surface area contributed by atoms with Crippen molar-refractivity contribution in [2.45, 2.75) is 33.0 Å². The summed E-state index contributed by atoms with van der Waals surface area (Å²) in [6.07, 6.45) is 0.879. The Hall–Kier alpha value is -3.61. The third-order valence-corrected chi connectivity index (χ3v) is 5.48. The van der Waals surface area contributed by atoms with Crippen LogP contribution < -0.4 is 20.5 Å². The number of fused-ring (bicyclic) bond motifs is 1. The maximum Gasteiger partial charge on any atom is 0.255 e. The number of nitrogens with zero attached hydrogens (tertiary/aromatic N) is 3. The smallest absolute Gasteiger partial charge is 0.255 e. The maximum atomic E-state index is 12.7. The number of aryl methyl sites for hydroxylation is 1. The first-order valence-electron chi connectivity index (χ1n) is 10.3. The van der Waals surface area contributed by atoms with E-state index in [1.54, 1.807) is 14.0 Å². The summed E-state index contributed by atoms with van der Waals surface area (Å²) in [6.45, 7) is 3.52. The average molecular weight is 418 g/mol. The lowest BCUT2D eigenvalue weighted by Crippen LogP contribution is -2.39. The van der Waals surface area contributed by atoms with Crippen molar-refractivity contribution in [2.75, 3.05) is 18.6 Å². The fraction of sp³-hybridized carbons (Fsp3) is 0.292. The van der Waals surface area contributed by atoms with E-state index in [0.717, 1.165) is 24.3 Å². The summed E-state index contributed by atoms with van der Waals surface area (Å²) in [7, 11) is 1.61. The van der Waals surface area contributed by atoms with Crippen LogP contribution in [0.5, 0.6) is 5.75 Å². The van der Waals surface area contributed by atoms with Gasteiger partial charge in [-0.05, 0) is 42.2 Å². The van der Waals surface area contributed by atoms with Crippen molar-refractivity contribution in [1.82, 2.24) is 14.9 Å². The molecule has 2 heterocycles. The highest BCUT2D eigenvalue weighted by Crippen LogP contribution is 2.22. The number of ether oxygens (including phenoxy) is 1. The van der Waals surface area contributed by atoms with Gasteiger partial charge in [0.1, 0.15) is 12.3 Å². The molecule has 0 atom stereocenters. The molecule has 0 radical (unpaired) electrons. The molecule has 0 unspecified atom stereocenters. The van der Waals surface area contributed by atoms with Crippen molar-refractivity contribution in [1.29, 1.82) is 0 Å². The normalized spacial score (nSPS) is 12.9. The minimum atomic E-state index is -0.234. The third-order valence-electron chi connectivity index (χ3n) is 5.48. The van der Waals surface area contributed by atoms with E-state index in [9.17, 15) is 9.59 Å². The van der Waals surface area contributed by atoms with Crippen molar-refractivity contribution in [3.8, 4) is 5.75 Å². The summed E-state index contributed by atoms with van der Waals surface area (Å²) < 4.78 is 6.61. The van der Waals surface area contributed by atoms with E-state index < -0.39 is 0 Å². The second-order valence-corrected chi connectivity index (χ2v) is 7.69. The van der Waals surface area contributed by atoms with E-state index in [1.165, 1.54) is 21.8 Å². The number of methoxy groups -OCH3 is 1. The van der Waals surface area contributed by atoms with Gasteiger partial charge in [-0.1, -0.05) is 36.4 Å². The molecule has 0 saturated carbocycles. The van der Waals surface area contributed by atoms with Crippen LogP contribution in [-0.4, -0.2) is 29.1 Å². The van der Waals surface area contributed by atoms with Gasteiger partial charge in [-0.3, -0.25) is 14.2 Å². The quantitative estimate of drug-likeness (QED) is 0.665. The van der Waals surface area contributed by atoms with Gasteiger partial charge >= 0.3 is 0 Å². The Morgan fingerprint density at radius 3 is 2.61 bits per heavy atom. The first kappa shape index (κ1) is 20.7. The zero-order valence-electron chi connectivity index (χ0n) is 17.8. The van der Waals surface area contributed by atoms with Gasteiger partial charge in [-0.25, -0.2) is 4.98 Å². The van der Waals surface area contributed by atoms with Crippen LogP contribution in [0.3, 0.4) is 0 Å². The SMILES string of the molecule is COc1ccc(CNC(=O)Cn2c(N3CCc4ccccc4C3)nc(C)cc2=O)cc1. The summed E-state index contributed by atoms with van der Waals surface area (Å²) in [5.41, 5.74) is 3.92.